The van der Waals surface area contributed by atoms with E-state index in [0.29, 0.717) is 33.1 Å². The third-order valence-corrected chi connectivity index (χ3v) is 7.36. The van der Waals surface area contributed by atoms with E-state index in [1.54, 1.807) is 6.07 Å². The Balaban J connectivity index is 1.57. The molecule has 1 aliphatic rings. The van der Waals surface area contributed by atoms with Crippen LogP contribution in [0.5, 0.6) is 0 Å². The first kappa shape index (κ1) is 23.3. The van der Waals surface area contributed by atoms with Crippen LogP contribution in [0, 0.1) is 6.92 Å². The molecule has 0 radical (unpaired) electrons. The Morgan fingerprint density at radius 3 is 2.66 bits per heavy atom. The number of anilines is 1. The van der Waals surface area contributed by atoms with Gasteiger partial charge in [0.25, 0.3) is 5.91 Å². The number of fused-ring (bicyclic) bond motifs is 2. The predicted molar refractivity (Wildman–Crippen MR) is 138 cm³/mol. The Kier molecular flexibility index (Phi) is 6.43. The van der Waals surface area contributed by atoms with Crippen LogP contribution in [0.1, 0.15) is 70.0 Å². The zero-order chi connectivity index (χ0) is 24.5. The molecule has 35 heavy (non-hydrogen) atoms. The maximum atomic E-state index is 13.7. The number of nitrogens with zero attached hydrogens (tertiary/aromatic N) is 1. The quantitative estimate of drug-likeness (QED) is 0.243. The molecule has 1 aromatic carbocycles. The molecule has 0 spiro atoms. The number of hydrogen-bond acceptors (Lipinski definition) is 6. The largest absolute Gasteiger partial charge is 0.460 e. The standard InChI is InChI=1S/C28H28N2O4S/c1-16(2)33-28(32)25-19-10-5-4-6-12-24(19)35-27(25)30-26(31)20-15-22(23-14-13-17(3)34-23)29-21-11-8-7-9-18(20)21/h7-9,11,13-16H,4-6,10,12H2,1-3H3,(H,30,31). The zero-order valence-corrected chi connectivity index (χ0v) is 21.0. The average molecular weight is 489 g/mol. The number of nitrogens with one attached hydrogen (secondary N) is 1. The Labute approximate surface area is 208 Å². The summed E-state index contributed by atoms with van der Waals surface area (Å²) in [5, 5.41) is 4.35. The van der Waals surface area contributed by atoms with Crippen LogP contribution in [0.25, 0.3) is 22.4 Å². The van der Waals surface area contributed by atoms with Gasteiger partial charge in [0.15, 0.2) is 5.76 Å². The molecule has 4 aromatic rings. The van der Waals surface area contributed by atoms with Crippen molar-refractivity contribution in [3.63, 3.8) is 0 Å². The Morgan fingerprint density at radius 1 is 1.09 bits per heavy atom. The maximum Gasteiger partial charge on any atom is 0.341 e. The average Bonchev–Trinajstić information content (AvgIpc) is 3.33. The fourth-order valence-electron chi connectivity index (χ4n) is 4.55. The number of carbonyl (C=O) groups excluding carboxylic acids is 2. The molecule has 0 aliphatic heterocycles. The fourth-order valence-corrected chi connectivity index (χ4v) is 5.82. The molecule has 3 aromatic heterocycles. The molecular weight excluding hydrogens is 460 g/mol. The van der Waals surface area contributed by atoms with E-state index in [4.69, 9.17) is 14.1 Å². The Morgan fingerprint density at radius 2 is 1.89 bits per heavy atom. The second-order valence-corrected chi connectivity index (χ2v) is 10.3. The highest BCUT2D eigenvalue weighted by Gasteiger charge is 2.28. The van der Waals surface area contributed by atoms with Gasteiger partial charge in [0, 0.05) is 10.3 Å². The van der Waals surface area contributed by atoms with Crippen molar-refractivity contribution in [2.75, 3.05) is 5.32 Å². The van der Waals surface area contributed by atoms with E-state index in [1.165, 1.54) is 16.2 Å². The SMILES string of the molecule is Cc1ccc(-c2cc(C(=O)Nc3sc4c(c3C(=O)OC(C)C)CCCCC4)c3ccccc3n2)o1. The first-order chi connectivity index (χ1) is 16.9. The third-order valence-electron chi connectivity index (χ3n) is 6.15. The summed E-state index contributed by atoms with van der Waals surface area (Å²) in [7, 11) is 0. The van der Waals surface area contributed by atoms with Crippen LogP contribution in [0.2, 0.25) is 0 Å². The number of pyridine rings is 1. The second-order valence-electron chi connectivity index (χ2n) is 9.16. The molecule has 0 saturated heterocycles. The smallest absolute Gasteiger partial charge is 0.341 e. The number of para-hydroxylation sites is 1. The number of benzene rings is 1. The summed E-state index contributed by atoms with van der Waals surface area (Å²) in [4.78, 5) is 32.7. The van der Waals surface area contributed by atoms with E-state index in [-0.39, 0.29) is 18.0 Å². The first-order valence-electron chi connectivity index (χ1n) is 12.0. The van der Waals surface area contributed by atoms with E-state index in [1.807, 2.05) is 57.2 Å². The van der Waals surface area contributed by atoms with Gasteiger partial charge in [0.05, 0.1) is 22.7 Å². The van der Waals surface area contributed by atoms with Gasteiger partial charge < -0.3 is 14.5 Å². The number of aryl methyl sites for hydroxylation is 2. The summed E-state index contributed by atoms with van der Waals surface area (Å²) in [6.45, 7) is 5.54. The van der Waals surface area contributed by atoms with Gasteiger partial charge in [0.2, 0.25) is 0 Å². The second kappa shape index (κ2) is 9.66. The summed E-state index contributed by atoms with van der Waals surface area (Å²) in [6, 6.07) is 13.0. The number of furan rings is 1. The minimum atomic E-state index is -0.374. The lowest BCUT2D eigenvalue weighted by Crippen LogP contribution is -2.18. The van der Waals surface area contributed by atoms with Crippen molar-refractivity contribution < 1.29 is 18.7 Å². The van der Waals surface area contributed by atoms with Crippen LogP contribution >= 0.6 is 11.3 Å². The number of aromatic nitrogens is 1. The fraction of sp³-hybridized carbons (Fsp3) is 0.321. The highest BCUT2D eigenvalue weighted by atomic mass is 32.1. The monoisotopic (exact) mass is 488 g/mol. The molecule has 0 fully saturated rings. The topological polar surface area (TPSA) is 81.4 Å². The van der Waals surface area contributed by atoms with Crippen molar-refractivity contribution in [2.24, 2.45) is 0 Å². The number of thiophene rings is 1. The van der Waals surface area contributed by atoms with Gasteiger partial charge in [-0.3, -0.25) is 4.79 Å². The minimum absolute atomic E-state index is 0.240. The molecular formula is C28H28N2O4S. The lowest BCUT2D eigenvalue weighted by atomic mass is 10.0. The van der Waals surface area contributed by atoms with Crippen molar-refractivity contribution in [2.45, 2.75) is 59.0 Å². The number of esters is 1. The van der Waals surface area contributed by atoms with E-state index in [9.17, 15) is 9.59 Å². The molecule has 0 unspecified atom stereocenters. The van der Waals surface area contributed by atoms with E-state index in [2.05, 4.69) is 5.32 Å². The zero-order valence-electron chi connectivity index (χ0n) is 20.1. The van der Waals surface area contributed by atoms with Gasteiger partial charge in [-0.05, 0) is 76.3 Å². The Bertz CT molecular complexity index is 1420. The van der Waals surface area contributed by atoms with Gasteiger partial charge in [-0.15, -0.1) is 11.3 Å². The predicted octanol–water partition coefficient (Wildman–Crippen LogP) is 6.95. The van der Waals surface area contributed by atoms with Crippen LogP contribution in [0.15, 0.2) is 46.9 Å². The van der Waals surface area contributed by atoms with Gasteiger partial charge in [0.1, 0.15) is 16.5 Å². The molecule has 6 nitrogen and oxygen atoms in total. The summed E-state index contributed by atoms with van der Waals surface area (Å²) in [5.41, 5.74) is 3.30. The normalized spacial score (nSPS) is 13.5. The number of carbonyl (C=O) groups is 2. The van der Waals surface area contributed by atoms with Crippen molar-refractivity contribution in [3.8, 4) is 11.5 Å². The van der Waals surface area contributed by atoms with E-state index >= 15 is 0 Å². The molecule has 1 aliphatic carbocycles. The highest BCUT2D eigenvalue weighted by molar-refractivity contribution is 7.17. The number of amides is 1. The molecule has 3 heterocycles. The van der Waals surface area contributed by atoms with Gasteiger partial charge in [-0.2, -0.15) is 0 Å². The van der Waals surface area contributed by atoms with Gasteiger partial charge in [-0.1, -0.05) is 24.6 Å². The molecule has 0 bridgehead atoms. The minimum Gasteiger partial charge on any atom is -0.460 e. The van der Waals surface area contributed by atoms with Crippen LogP contribution in [0.4, 0.5) is 5.00 Å². The molecule has 0 atom stereocenters. The third kappa shape index (κ3) is 4.73. The molecule has 180 valence electrons. The molecule has 5 rings (SSSR count). The van der Waals surface area contributed by atoms with Crippen LogP contribution < -0.4 is 5.32 Å². The molecule has 1 amide bonds. The number of ether oxygens (including phenoxy) is 1. The lowest BCUT2D eigenvalue weighted by molar-refractivity contribution is 0.0378. The van der Waals surface area contributed by atoms with Crippen molar-refractivity contribution >= 4 is 39.1 Å². The summed E-state index contributed by atoms with van der Waals surface area (Å²) >= 11 is 1.50. The van der Waals surface area contributed by atoms with Crippen molar-refractivity contribution in [3.05, 3.63) is 69.8 Å². The first-order valence-corrected chi connectivity index (χ1v) is 12.9. The van der Waals surface area contributed by atoms with Gasteiger partial charge >= 0.3 is 5.97 Å². The maximum absolute atomic E-state index is 13.7. The number of rotatable bonds is 5. The van der Waals surface area contributed by atoms with Crippen LogP contribution in [-0.4, -0.2) is 23.0 Å². The summed E-state index contributed by atoms with van der Waals surface area (Å²) in [6.07, 6.45) is 4.75. The van der Waals surface area contributed by atoms with E-state index < -0.39 is 0 Å². The summed E-state index contributed by atoms with van der Waals surface area (Å²) < 4.78 is 11.3. The summed E-state index contributed by atoms with van der Waals surface area (Å²) in [5.74, 6) is 0.713. The van der Waals surface area contributed by atoms with Crippen LogP contribution in [0.3, 0.4) is 0 Å². The number of hydrogen-bond donors (Lipinski definition) is 1. The van der Waals surface area contributed by atoms with E-state index in [0.717, 1.165) is 48.8 Å². The van der Waals surface area contributed by atoms with Crippen LogP contribution in [-0.2, 0) is 17.6 Å². The van der Waals surface area contributed by atoms with Gasteiger partial charge in [-0.25, -0.2) is 9.78 Å². The molecule has 0 saturated carbocycles. The Hall–Kier alpha value is -3.45. The van der Waals surface area contributed by atoms with Crippen molar-refractivity contribution in [1.29, 1.82) is 0 Å². The molecule has 1 N–H and O–H groups in total. The van der Waals surface area contributed by atoms with Crippen molar-refractivity contribution in [1.82, 2.24) is 4.98 Å². The molecule has 7 heteroatoms. The lowest BCUT2D eigenvalue weighted by Gasteiger charge is -2.12. The highest BCUT2D eigenvalue weighted by Crippen LogP contribution is 2.39.